The summed E-state index contributed by atoms with van der Waals surface area (Å²) in [6.45, 7) is 0.352. The molecule has 0 bridgehead atoms. The lowest BCUT2D eigenvalue weighted by Crippen LogP contribution is -2.29. The third kappa shape index (κ3) is 3.33. The van der Waals surface area contributed by atoms with Crippen LogP contribution in [-0.4, -0.2) is 17.9 Å². The van der Waals surface area contributed by atoms with Crippen LogP contribution in [0.3, 0.4) is 0 Å². The first-order valence-corrected chi connectivity index (χ1v) is 10.6. The first kappa shape index (κ1) is 19.6. The van der Waals surface area contributed by atoms with Crippen LogP contribution in [0.1, 0.15) is 33.3 Å². The third-order valence-corrected chi connectivity index (χ3v) is 6.03. The van der Waals surface area contributed by atoms with E-state index >= 15 is 0 Å². The van der Waals surface area contributed by atoms with Crippen LogP contribution in [0.15, 0.2) is 86.5 Å². The molecule has 1 amide bonds. The van der Waals surface area contributed by atoms with Crippen molar-refractivity contribution < 1.29 is 13.9 Å². The standard InChI is InChI=1S/C25H18BrNO4/c1-30-18-9-5-8-16(12-18)22-21-23(28)19-13-17(26)10-11-20(19)31-24(21)25(29)27(22)14-15-6-3-2-4-7-15/h2-13,22H,14H2,1H3/t22-/m1/s1. The molecule has 1 aliphatic rings. The van der Waals surface area contributed by atoms with Gasteiger partial charge in [-0.1, -0.05) is 58.4 Å². The van der Waals surface area contributed by atoms with Crippen LogP contribution < -0.4 is 10.2 Å². The Bertz CT molecular complexity index is 1360. The van der Waals surface area contributed by atoms with Crippen molar-refractivity contribution in [2.24, 2.45) is 0 Å². The zero-order chi connectivity index (χ0) is 21.5. The molecule has 5 nitrogen and oxygen atoms in total. The molecule has 5 rings (SSSR count). The maximum atomic E-state index is 13.6. The average molecular weight is 476 g/mol. The molecule has 0 radical (unpaired) electrons. The normalized spacial score (nSPS) is 15.4. The Kier molecular flexibility index (Phi) is 4.87. The van der Waals surface area contributed by atoms with Crippen molar-refractivity contribution in [1.82, 2.24) is 4.90 Å². The second-order valence-corrected chi connectivity index (χ2v) is 8.33. The molecule has 4 aromatic rings. The lowest BCUT2D eigenvalue weighted by atomic mass is 9.98. The summed E-state index contributed by atoms with van der Waals surface area (Å²) in [5, 5.41) is 0.440. The number of hydrogen-bond acceptors (Lipinski definition) is 4. The zero-order valence-electron chi connectivity index (χ0n) is 16.7. The second-order valence-electron chi connectivity index (χ2n) is 7.41. The molecule has 154 valence electrons. The Morgan fingerprint density at radius 1 is 1.00 bits per heavy atom. The van der Waals surface area contributed by atoms with E-state index in [1.165, 1.54) is 0 Å². The van der Waals surface area contributed by atoms with Gasteiger partial charge in [-0.25, -0.2) is 0 Å². The molecule has 0 aliphatic carbocycles. The summed E-state index contributed by atoms with van der Waals surface area (Å²) in [6, 6.07) is 21.8. The van der Waals surface area contributed by atoms with Crippen LogP contribution in [0.5, 0.6) is 5.75 Å². The quantitative estimate of drug-likeness (QED) is 0.401. The minimum Gasteiger partial charge on any atom is -0.497 e. The number of rotatable bonds is 4. The summed E-state index contributed by atoms with van der Waals surface area (Å²) >= 11 is 3.42. The fraction of sp³-hybridized carbons (Fsp3) is 0.120. The number of ether oxygens (including phenoxy) is 1. The van der Waals surface area contributed by atoms with E-state index in [1.807, 2.05) is 54.6 Å². The Balaban J connectivity index is 1.75. The fourth-order valence-electron chi connectivity index (χ4n) is 4.09. The number of carbonyl (C=O) groups is 1. The van der Waals surface area contributed by atoms with Gasteiger partial charge in [0.05, 0.1) is 24.1 Å². The van der Waals surface area contributed by atoms with Crippen LogP contribution in [0.25, 0.3) is 11.0 Å². The van der Waals surface area contributed by atoms with E-state index in [1.54, 1.807) is 30.2 Å². The van der Waals surface area contributed by atoms with Crippen molar-refractivity contribution >= 4 is 32.8 Å². The van der Waals surface area contributed by atoms with E-state index < -0.39 is 6.04 Å². The van der Waals surface area contributed by atoms with E-state index in [2.05, 4.69) is 15.9 Å². The van der Waals surface area contributed by atoms with Gasteiger partial charge in [-0.05, 0) is 41.5 Å². The second kappa shape index (κ2) is 7.71. The van der Waals surface area contributed by atoms with E-state index in [-0.39, 0.29) is 17.1 Å². The monoisotopic (exact) mass is 475 g/mol. The van der Waals surface area contributed by atoms with Crippen molar-refractivity contribution in [1.29, 1.82) is 0 Å². The minimum absolute atomic E-state index is 0.101. The number of halogens is 1. The van der Waals surface area contributed by atoms with E-state index in [0.29, 0.717) is 28.8 Å². The molecule has 2 heterocycles. The minimum atomic E-state index is -0.572. The molecule has 1 aliphatic heterocycles. The van der Waals surface area contributed by atoms with Gasteiger partial charge in [-0.2, -0.15) is 0 Å². The van der Waals surface area contributed by atoms with Gasteiger partial charge < -0.3 is 14.1 Å². The van der Waals surface area contributed by atoms with Gasteiger partial charge >= 0.3 is 0 Å². The molecule has 0 unspecified atom stereocenters. The van der Waals surface area contributed by atoms with Gasteiger partial charge in [0.15, 0.2) is 5.43 Å². The number of carbonyl (C=O) groups excluding carboxylic acids is 1. The fourth-order valence-corrected chi connectivity index (χ4v) is 4.46. The molecule has 0 saturated carbocycles. The van der Waals surface area contributed by atoms with Crippen molar-refractivity contribution in [2.45, 2.75) is 12.6 Å². The smallest absolute Gasteiger partial charge is 0.291 e. The number of fused-ring (bicyclic) bond motifs is 2. The molecule has 1 atom stereocenters. The van der Waals surface area contributed by atoms with E-state index in [4.69, 9.17) is 9.15 Å². The van der Waals surface area contributed by atoms with Crippen molar-refractivity contribution in [3.8, 4) is 5.75 Å². The summed E-state index contributed by atoms with van der Waals surface area (Å²) in [6.07, 6.45) is 0. The summed E-state index contributed by atoms with van der Waals surface area (Å²) in [7, 11) is 1.59. The van der Waals surface area contributed by atoms with Gasteiger partial charge in [0, 0.05) is 11.0 Å². The highest BCUT2D eigenvalue weighted by atomic mass is 79.9. The van der Waals surface area contributed by atoms with Crippen molar-refractivity contribution in [2.75, 3.05) is 7.11 Å². The van der Waals surface area contributed by atoms with Crippen molar-refractivity contribution in [3.05, 3.63) is 110 Å². The lowest BCUT2D eigenvalue weighted by molar-refractivity contribution is 0.0714. The zero-order valence-corrected chi connectivity index (χ0v) is 18.3. The molecule has 0 spiro atoms. The maximum Gasteiger partial charge on any atom is 0.291 e. The van der Waals surface area contributed by atoms with Gasteiger partial charge in [0.1, 0.15) is 11.3 Å². The Morgan fingerprint density at radius 2 is 1.81 bits per heavy atom. The molecule has 1 aromatic heterocycles. The molecular weight excluding hydrogens is 458 g/mol. The molecule has 6 heteroatoms. The van der Waals surface area contributed by atoms with E-state index in [9.17, 15) is 9.59 Å². The van der Waals surface area contributed by atoms with Crippen LogP contribution in [0.2, 0.25) is 0 Å². The molecular formula is C25H18BrNO4. The highest BCUT2D eigenvalue weighted by Crippen LogP contribution is 2.40. The number of methoxy groups -OCH3 is 1. The van der Waals surface area contributed by atoms with Crippen LogP contribution in [0.4, 0.5) is 0 Å². The molecule has 0 N–H and O–H groups in total. The number of nitrogens with zero attached hydrogens (tertiary/aromatic N) is 1. The van der Waals surface area contributed by atoms with Crippen LogP contribution in [0, 0.1) is 0 Å². The third-order valence-electron chi connectivity index (χ3n) is 5.53. The summed E-state index contributed by atoms with van der Waals surface area (Å²) < 4.78 is 12.1. The number of benzene rings is 3. The van der Waals surface area contributed by atoms with E-state index in [0.717, 1.165) is 15.6 Å². The predicted molar refractivity (Wildman–Crippen MR) is 121 cm³/mol. The molecule has 31 heavy (non-hydrogen) atoms. The predicted octanol–water partition coefficient (Wildman–Crippen LogP) is 5.31. The SMILES string of the molecule is COc1cccc([C@@H]2c3c(oc4ccc(Br)cc4c3=O)C(=O)N2Cc2ccccc2)c1. The molecule has 0 saturated heterocycles. The van der Waals surface area contributed by atoms with Gasteiger partial charge in [0.2, 0.25) is 5.76 Å². The average Bonchev–Trinajstić information content (AvgIpc) is 3.07. The first-order chi connectivity index (χ1) is 15.1. The lowest BCUT2D eigenvalue weighted by Gasteiger charge is -2.25. The Morgan fingerprint density at radius 3 is 2.58 bits per heavy atom. The van der Waals surface area contributed by atoms with Crippen LogP contribution in [-0.2, 0) is 6.54 Å². The molecule has 3 aromatic carbocycles. The van der Waals surface area contributed by atoms with Gasteiger partial charge in [0.25, 0.3) is 5.91 Å². The van der Waals surface area contributed by atoms with Gasteiger partial charge in [-0.15, -0.1) is 0 Å². The number of hydrogen-bond donors (Lipinski definition) is 0. The number of amides is 1. The van der Waals surface area contributed by atoms with Gasteiger partial charge in [-0.3, -0.25) is 9.59 Å². The van der Waals surface area contributed by atoms with Crippen molar-refractivity contribution in [3.63, 3.8) is 0 Å². The Hall–Kier alpha value is -3.38. The summed E-state index contributed by atoms with van der Waals surface area (Å²) in [5.74, 6) is 0.461. The first-order valence-electron chi connectivity index (χ1n) is 9.82. The summed E-state index contributed by atoms with van der Waals surface area (Å²) in [5.41, 5.74) is 2.32. The van der Waals surface area contributed by atoms with Crippen LogP contribution >= 0.6 is 15.9 Å². The largest absolute Gasteiger partial charge is 0.497 e. The summed E-state index contributed by atoms with van der Waals surface area (Å²) in [4.78, 5) is 28.7. The topological polar surface area (TPSA) is 59.8 Å². The molecule has 0 fully saturated rings. The highest BCUT2D eigenvalue weighted by molar-refractivity contribution is 9.10. The highest BCUT2D eigenvalue weighted by Gasteiger charge is 2.42. The maximum absolute atomic E-state index is 13.6. The Labute approximate surface area is 187 Å².